The van der Waals surface area contributed by atoms with E-state index in [2.05, 4.69) is 47.3 Å². The van der Waals surface area contributed by atoms with Crippen LogP contribution in [0.5, 0.6) is 5.75 Å². The van der Waals surface area contributed by atoms with Gasteiger partial charge >= 0.3 is 0 Å². The highest BCUT2D eigenvalue weighted by atomic mass is 16.5. The second-order valence-corrected chi connectivity index (χ2v) is 11.3. The second-order valence-electron chi connectivity index (χ2n) is 11.3. The zero-order chi connectivity index (χ0) is 28.7. The van der Waals surface area contributed by atoms with E-state index in [1.807, 2.05) is 42.9 Å². The minimum Gasteiger partial charge on any atom is -0.493 e. The number of aryl methyl sites for hydroxylation is 1. The molecule has 4 rings (SSSR count). The Labute approximate surface area is 237 Å². The van der Waals surface area contributed by atoms with Gasteiger partial charge in [-0.25, -0.2) is 0 Å². The predicted molar refractivity (Wildman–Crippen MR) is 158 cm³/mol. The molecular formula is C32H41N5O3. The van der Waals surface area contributed by atoms with Crippen LogP contribution in [0.1, 0.15) is 57.7 Å². The van der Waals surface area contributed by atoms with Crippen LogP contribution in [-0.4, -0.2) is 48.5 Å². The summed E-state index contributed by atoms with van der Waals surface area (Å²) in [6.07, 6.45) is 10.1. The van der Waals surface area contributed by atoms with Gasteiger partial charge in [0.25, 0.3) is 0 Å². The Balaban J connectivity index is 1.38. The van der Waals surface area contributed by atoms with Crippen molar-refractivity contribution in [1.82, 2.24) is 15.3 Å². The number of fused-ring (bicyclic) bond motifs is 1. The maximum atomic E-state index is 13.4. The number of carbonyl (C=O) groups is 2. The summed E-state index contributed by atoms with van der Waals surface area (Å²) in [5, 5.41) is 3.68. The highest BCUT2D eigenvalue weighted by Crippen LogP contribution is 2.40. The van der Waals surface area contributed by atoms with Crippen LogP contribution < -0.4 is 19.9 Å². The first kappa shape index (κ1) is 29.2. The molecule has 0 saturated heterocycles. The summed E-state index contributed by atoms with van der Waals surface area (Å²) in [6, 6.07) is 14.0. The van der Waals surface area contributed by atoms with Crippen molar-refractivity contribution in [3.8, 4) is 5.75 Å². The van der Waals surface area contributed by atoms with Gasteiger partial charge in [-0.1, -0.05) is 19.9 Å². The summed E-state index contributed by atoms with van der Waals surface area (Å²) in [4.78, 5) is 38.3. The highest BCUT2D eigenvalue weighted by molar-refractivity contribution is 6.20. The second kappa shape index (κ2) is 13.0. The van der Waals surface area contributed by atoms with Crippen molar-refractivity contribution >= 4 is 23.2 Å². The molecule has 0 saturated carbocycles. The third-order valence-corrected chi connectivity index (χ3v) is 7.30. The quantitative estimate of drug-likeness (QED) is 0.250. The van der Waals surface area contributed by atoms with Crippen LogP contribution in [0.15, 0.2) is 67.3 Å². The summed E-state index contributed by atoms with van der Waals surface area (Å²) in [5.41, 5.74) is 2.71. The summed E-state index contributed by atoms with van der Waals surface area (Å²) < 4.78 is 6.11. The average molecular weight is 544 g/mol. The average Bonchev–Trinajstić information content (AvgIpc) is 3.01. The summed E-state index contributed by atoms with van der Waals surface area (Å²) in [6.45, 7) is 9.40. The van der Waals surface area contributed by atoms with E-state index >= 15 is 0 Å². The molecule has 0 bridgehead atoms. The van der Waals surface area contributed by atoms with E-state index in [4.69, 9.17) is 4.74 Å². The van der Waals surface area contributed by atoms with Crippen molar-refractivity contribution in [1.29, 1.82) is 0 Å². The Hall–Kier alpha value is -3.78. The van der Waals surface area contributed by atoms with Gasteiger partial charge in [-0.3, -0.25) is 19.6 Å². The number of rotatable bonds is 12. The first-order chi connectivity index (χ1) is 19.2. The van der Waals surface area contributed by atoms with E-state index in [9.17, 15) is 9.59 Å². The normalized spacial score (nSPS) is 15.7. The Morgan fingerprint density at radius 1 is 0.975 bits per heavy atom. The molecule has 212 valence electrons. The zero-order valence-corrected chi connectivity index (χ0v) is 24.3. The van der Waals surface area contributed by atoms with Crippen LogP contribution in [0.2, 0.25) is 0 Å². The maximum absolute atomic E-state index is 13.4. The van der Waals surface area contributed by atoms with E-state index in [1.54, 1.807) is 36.9 Å². The van der Waals surface area contributed by atoms with Crippen LogP contribution in [-0.2, 0) is 16.0 Å². The number of pyridine rings is 2. The minimum atomic E-state index is -1.14. The zero-order valence-electron chi connectivity index (χ0n) is 24.3. The van der Waals surface area contributed by atoms with Gasteiger partial charge in [-0.15, -0.1) is 0 Å². The van der Waals surface area contributed by atoms with Gasteiger partial charge in [0.1, 0.15) is 11.2 Å². The summed E-state index contributed by atoms with van der Waals surface area (Å²) in [7, 11) is 1.73. The molecule has 40 heavy (non-hydrogen) atoms. The Morgan fingerprint density at radius 2 is 1.75 bits per heavy atom. The predicted octanol–water partition coefficient (Wildman–Crippen LogP) is 5.20. The summed E-state index contributed by atoms with van der Waals surface area (Å²) in [5.74, 6) is 0.538. The lowest BCUT2D eigenvalue weighted by atomic mass is 9.90. The van der Waals surface area contributed by atoms with E-state index in [0.29, 0.717) is 24.6 Å². The lowest BCUT2D eigenvalue weighted by Crippen LogP contribution is -2.48. The van der Waals surface area contributed by atoms with Gasteiger partial charge in [0.15, 0.2) is 0 Å². The number of nitrogens with one attached hydrogen (secondary N) is 1. The maximum Gasteiger partial charge on any atom is 0.242 e. The van der Waals surface area contributed by atoms with Gasteiger partial charge in [-0.05, 0) is 87.0 Å². The van der Waals surface area contributed by atoms with Crippen LogP contribution in [0, 0.1) is 11.3 Å². The number of hydrogen-bond acceptors (Lipinski definition) is 6. The van der Waals surface area contributed by atoms with Crippen LogP contribution >= 0.6 is 0 Å². The molecule has 0 fully saturated rings. The molecular weight excluding hydrogens is 502 g/mol. The van der Waals surface area contributed by atoms with E-state index in [-0.39, 0.29) is 23.8 Å². The highest BCUT2D eigenvalue weighted by Gasteiger charge is 2.45. The van der Waals surface area contributed by atoms with Crippen LogP contribution in [0.25, 0.3) is 0 Å². The summed E-state index contributed by atoms with van der Waals surface area (Å²) >= 11 is 0. The molecule has 1 atom stereocenters. The van der Waals surface area contributed by atoms with Crippen molar-refractivity contribution in [2.24, 2.45) is 11.3 Å². The smallest absolute Gasteiger partial charge is 0.242 e. The van der Waals surface area contributed by atoms with Crippen molar-refractivity contribution in [3.63, 3.8) is 0 Å². The lowest BCUT2D eigenvalue weighted by molar-refractivity contribution is -0.137. The fourth-order valence-corrected chi connectivity index (χ4v) is 5.08. The number of ether oxygens (including phenoxy) is 1. The Morgan fingerprint density at radius 3 is 2.45 bits per heavy atom. The molecule has 3 heterocycles. The number of hydrogen-bond donors (Lipinski definition) is 1. The molecule has 0 aliphatic carbocycles. The molecule has 0 spiro atoms. The number of anilines is 2. The van der Waals surface area contributed by atoms with Gasteiger partial charge in [0.05, 0.1) is 18.0 Å². The number of aromatic nitrogens is 2. The van der Waals surface area contributed by atoms with Crippen molar-refractivity contribution in [2.45, 2.75) is 53.0 Å². The molecule has 2 amide bonds. The molecule has 1 aliphatic rings. The molecule has 1 unspecified atom stereocenters. The molecule has 1 aromatic carbocycles. The number of amides is 2. The molecule has 1 aliphatic heterocycles. The SMILES string of the molecule is CC(C)CN1C(=O)C(C)(C)C(=O)N(C)c2cc(OCCCNC(CCc3cccnc3)c3ccncc3)ccc21. The fraction of sp³-hybridized carbons (Fsp3) is 0.438. The monoisotopic (exact) mass is 543 g/mol. The molecule has 1 N–H and O–H groups in total. The molecule has 0 radical (unpaired) electrons. The van der Waals surface area contributed by atoms with E-state index in [0.717, 1.165) is 31.5 Å². The Kier molecular flexibility index (Phi) is 9.53. The lowest BCUT2D eigenvalue weighted by Gasteiger charge is -2.29. The van der Waals surface area contributed by atoms with Gasteiger partial charge in [0, 0.05) is 50.5 Å². The number of carbonyl (C=O) groups excluding carboxylic acids is 2. The third-order valence-electron chi connectivity index (χ3n) is 7.30. The Bertz CT molecular complexity index is 1280. The van der Waals surface area contributed by atoms with Crippen LogP contribution in [0.4, 0.5) is 11.4 Å². The topological polar surface area (TPSA) is 87.7 Å². The van der Waals surface area contributed by atoms with Crippen molar-refractivity contribution < 1.29 is 14.3 Å². The van der Waals surface area contributed by atoms with Gasteiger partial charge < -0.3 is 19.9 Å². The van der Waals surface area contributed by atoms with Gasteiger partial charge in [-0.2, -0.15) is 0 Å². The van der Waals surface area contributed by atoms with Crippen LogP contribution in [0.3, 0.4) is 0 Å². The standard InChI is InChI=1S/C32H41N5O3/c1-23(2)22-37-28-12-10-26(20-29(28)36(5)30(38)32(3,4)31(37)39)40-19-7-16-35-27(25-13-17-33-18-14-25)11-9-24-8-6-15-34-21-24/h6,8,10,12-15,17-18,20-21,23,27,35H,7,9,11,16,19,22H2,1-5H3. The molecule has 8 heteroatoms. The molecule has 8 nitrogen and oxygen atoms in total. The third kappa shape index (κ3) is 6.86. The van der Waals surface area contributed by atoms with E-state index < -0.39 is 5.41 Å². The minimum absolute atomic E-state index is 0.177. The first-order valence-electron chi connectivity index (χ1n) is 14.1. The van der Waals surface area contributed by atoms with Crippen molar-refractivity contribution in [2.75, 3.05) is 36.5 Å². The molecule has 3 aromatic rings. The number of benzene rings is 1. The first-order valence-corrected chi connectivity index (χ1v) is 14.1. The number of nitrogens with zero attached hydrogens (tertiary/aromatic N) is 4. The molecule has 2 aromatic heterocycles. The fourth-order valence-electron chi connectivity index (χ4n) is 5.08. The van der Waals surface area contributed by atoms with Gasteiger partial charge in [0.2, 0.25) is 11.8 Å². The largest absolute Gasteiger partial charge is 0.493 e. The van der Waals surface area contributed by atoms with Crippen molar-refractivity contribution in [3.05, 3.63) is 78.4 Å². The van der Waals surface area contributed by atoms with E-state index in [1.165, 1.54) is 11.1 Å².